The van der Waals surface area contributed by atoms with E-state index in [-0.39, 0.29) is 12.1 Å². The van der Waals surface area contributed by atoms with E-state index in [2.05, 4.69) is 36.6 Å². The Balaban J connectivity index is 2.43. The lowest BCUT2D eigenvalue weighted by molar-refractivity contribution is 0.0521. The summed E-state index contributed by atoms with van der Waals surface area (Å²) in [5.74, 6) is 0. The van der Waals surface area contributed by atoms with E-state index in [1.54, 1.807) is 0 Å². The molecule has 5 heteroatoms. The van der Waals surface area contributed by atoms with Crippen LogP contribution in [0.15, 0.2) is 12.1 Å². The van der Waals surface area contributed by atoms with Crippen molar-refractivity contribution in [3.05, 3.63) is 21.9 Å². The number of thiophene rings is 1. The number of aryl methyl sites for hydroxylation is 1. The third kappa shape index (κ3) is 8.96. The molecule has 0 fully saturated rings. The molecule has 0 radical (unpaired) electrons. The minimum absolute atomic E-state index is 0.273. The molecule has 2 N–H and O–H groups in total. The van der Waals surface area contributed by atoms with Crippen LogP contribution in [0.1, 0.15) is 63.6 Å². The first-order valence-electron chi connectivity index (χ1n) is 8.61. The van der Waals surface area contributed by atoms with Crippen molar-refractivity contribution in [1.82, 2.24) is 10.6 Å². The van der Waals surface area contributed by atoms with Gasteiger partial charge in [-0.25, -0.2) is 4.79 Å². The number of hydrogen-bond acceptors (Lipinski definition) is 4. The van der Waals surface area contributed by atoms with E-state index < -0.39 is 5.60 Å². The van der Waals surface area contributed by atoms with Crippen LogP contribution in [-0.2, 0) is 17.7 Å². The maximum atomic E-state index is 11.8. The SMILES string of the molecule is CCCCC(CNC(=O)OC(C)(C)C)NCc1ccc(CC)s1. The summed E-state index contributed by atoms with van der Waals surface area (Å²) < 4.78 is 5.30. The van der Waals surface area contributed by atoms with Gasteiger partial charge in [-0.15, -0.1) is 11.3 Å². The molecule has 4 nitrogen and oxygen atoms in total. The van der Waals surface area contributed by atoms with Crippen molar-refractivity contribution in [3.63, 3.8) is 0 Å². The first-order chi connectivity index (χ1) is 10.8. The molecule has 1 heterocycles. The first-order valence-corrected chi connectivity index (χ1v) is 9.43. The summed E-state index contributed by atoms with van der Waals surface area (Å²) >= 11 is 1.86. The second kappa shape index (κ2) is 9.93. The normalized spacial score (nSPS) is 12.9. The van der Waals surface area contributed by atoms with Crippen LogP contribution in [0, 0.1) is 0 Å². The van der Waals surface area contributed by atoms with Crippen LogP contribution in [0.5, 0.6) is 0 Å². The van der Waals surface area contributed by atoms with Gasteiger partial charge in [-0.05, 0) is 45.7 Å². The van der Waals surface area contributed by atoms with Gasteiger partial charge < -0.3 is 15.4 Å². The highest BCUT2D eigenvalue weighted by Crippen LogP contribution is 2.17. The lowest BCUT2D eigenvalue weighted by Crippen LogP contribution is -2.42. The second-order valence-electron chi connectivity index (χ2n) is 6.82. The summed E-state index contributed by atoms with van der Waals surface area (Å²) in [6.45, 7) is 11.4. The fourth-order valence-corrected chi connectivity index (χ4v) is 3.11. The van der Waals surface area contributed by atoms with Gasteiger partial charge in [0.05, 0.1) is 0 Å². The highest BCUT2D eigenvalue weighted by atomic mass is 32.1. The van der Waals surface area contributed by atoms with Crippen molar-refractivity contribution < 1.29 is 9.53 Å². The summed E-state index contributed by atoms with van der Waals surface area (Å²) in [5, 5.41) is 6.45. The number of hydrogen-bond donors (Lipinski definition) is 2. The van der Waals surface area contributed by atoms with Crippen molar-refractivity contribution in [1.29, 1.82) is 0 Å². The number of unbranched alkanes of at least 4 members (excludes halogenated alkanes) is 1. The maximum Gasteiger partial charge on any atom is 0.407 e. The molecule has 1 rings (SSSR count). The molecule has 0 aliphatic rings. The molecule has 1 aromatic heterocycles. The third-order valence-electron chi connectivity index (χ3n) is 3.43. The molecule has 0 saturated carbocycles. The zero-order valence-corrected chi connectivity index (χ0v) is 16.0. The predicted octanol–water partition coefficient (Wildman–Crippen LogP) is 4.48. The van der Waals surface area contributed by atoms with Crippen LogP contribution in [0.4, 0.5) is 4.79 Å². The summed E-state index contributed by atoms with van der Waals surface area (Å²) in [6.07, 6.45) is 4.11. The standard InChI is InChI=1S/C18H32N2O2S/c1-6-8-9-14(12-20-17(21)22-18(3,4)5)19-13-16-11-10-15(7-2)23-16/h10-11,14,19H,6-9,12-13H2,1-5H3,(H,20,21). The van der Waals surface area contributed by atoms with Crippen molar-refractivity contribution in [2.75, 3.05) is 6.54 Å². The van der Waals surface area contributed by atoms with E-state index >= 15 is 0 Å². The molecule has 1 amide bonds. The van der Waals surface area contributed by atoms with E-state index in [1.165, 1.54) is 9.75 Å². The Labute approximate surface area is 145 Å². The largest absolute Gasteiger partial charge is 0.444 e. The molecular weight excluding hydrogens is 308 g/mol. The van der Waals surface area contributed by atoms with Gasteiger partial charge in [0.25, 0.3) is 0 Å². The van der Waals surface area contributed by atoms with E-state index in [1.807, 2.05) is 32.1 Å². The van der Waals surface area contributed by atoms with E-state index in [9.17, 15) is 4.79 Å². The summed E-state index contributed by atoms with van der Waals surface area (Å²) in [5.41, 5.74) is -0.454. The number of amides is 1. The predicted molar refractivity (Wildman–Crippen MR) is 98.1 cm³/mol. The molecular formula is C18H32N2O2S. The third-order valence-corrected chi connectivity index (χ3v) is 4.66. The van der Waals surface area contributed by atoms with Gasteiger partial charge in [0, 0.05) is 28.9 Å². The number of carbonyl (C=O) groups is 1. The van der Waals surface area contributed by atoms with Crippen LogP contribution in [0.2, 0.25) is 0 Å². The molecule has 1 atom stereocenters. The van der Waals surface area contributed by atoms with Crippen LogP contribution >= 0.6 is 11.3 Å². The van der Waals surface area contributed by atoms with E-state index in [4.69, 9.17) is 4.74 Å². The Kier molecular flexibility index (Phi) is 8.63. The Morgan fingerprint density at radius 1 is 1.26 bits per heavy atom. The van der Waals surface area contributed by atoms with Gasteiger partial charge in [0.1, 0.15) is 5.60 Å². The summed E-state index contributed by atoms with van der Waals surface area (Å²) in [4.78, 5) is 14.6. The highest BCUT2D eigenvalue weighted by molar-refractivity contribution is 7.11. The van der Waals surface area contributed by atoms with Crippen LogP contribution in [0.25, 0.3) is 0 Å². The minimum atomic E-state index is -0.454. The van der Waals surface area contributed by atoms with Crippen molar-refractivity contribution in [2.24, 2.45) is 0 Å². The number of carbonyl (C=O) groups excluding carboxylic acids is 1. The van der Waals surface area contributed by atoms with E-state index in [0.29, 0.717) is 6.54 Å². The van der Waals surface area contributed by atoms with Crippen molar-refractivity contribution in [2.45, 2.75) is 78.5 Å². The molecule has 23 heavy (non-hydrogen) atoms. The topological polar surface area (TPSA) is 50.4 Å². The molecule has 0 aliphatic heterocycles. The first kappa shape index (κ1) is 20.0. The molecule has 132 valence electrons. The van der Waals surface area contributed by atoms with Crippen LogP contribution in [0.3, 0.4) is 0 Å². The lowest BCUT2D eigenvalue weighted by Gasteiger charge is -2.22. The maximum absolute atomic E-state index is 11.8. The van der Waals surface area contributed by atoms with Gasteiger partial charge in [-0.1, -0.05) is 26.7 Å². The Morgan fingerprint density at radius 3 is 2.52 bits per heavy atom. The van der Waals surface area contributed by atoms with Gasteiger partial charge in [-0.2, -0.15) is 0 Å². The molecule has 0 bridgehead atoms. The van der Waals surface area contributed by atoms with Gasteiger partial charge >= 0.3 is 6.09 Å². The van der Waals surface area contributed by atoms with Gasteiger partial charge in [0.2, 0.25) is 0 Å². The zero-order chi connectivity index (χ0) is 17.3. The smallest absolute Gasteiger partial charge is 0.407 e. The van der Waals surface area contributed by atoms with Crippen LogP contribution < -0.4 is 10.6 Å². The zero-order valence-electron chi connectivity index (χ0n) is 15.2. The highest BCUT2D eigenvalue weighted by Gasteiger charge is 2.17. The second-order valence-corrected chi connectivity index (χ2v) is 8.08. The fraction of sp³-hybridized carbons (Fsp3) is 0.722. The van der Waals surface area contributed by atoms with Crippen molar-refractivity contribution >= 4 is 17.4 Å². The summed E-state index contributed by atoms with van der Waals surface area (Å²) in [6, 6.07) is 4.66. The quantitative estimate of drug-likeness (QED) is 0.696. The minimum Gasteiger partial charge on any atom is -0.444 e. The van der Waals surface area contributed by atoms with Crippen molar-refractivity contribution in [3.8, 4) is 0 Å². The number of rotatable bonds is 9. The number of ether oxygens (including phenoxy) is 1. The molecule has 0 aromatic carbocycles. The molecule has 1 unspecified atom stereocenters. The lowest BCUT2D eigenvalue weighted by atomic mass is 10.1. The van der Waals surface area contributed by atoms with Crippen LogP contribution in [-0.4, -0.2) is 24.3 Å². The summed E-state index contributed by atoms with van der Waals surface area (Å²) in [7, 11) is 0. The molecule has 0 saturated heterocycles. The Morgan fingerprint density at radius 2 is 1.96 bits per heavy atom. The average molecular weight is 341 g/mol. The molecule has 0 spiro atoms. The molecule has 1 aromatic rings. The Bertz CT molecular complexity index is 466. The van der Waals surface area contributed by atoms with Gasteiger partial charge in [0.15, 0.2) is 0 Å². The monoisotopic (exact) mass is 340 g/mol. The Hall–Kier alpha value is -1.07. The fourth-order valence-electron chi connectivity index (χ4n) is 2.20. The average Bonchev–Trinajstić information content (AvgIpc) is 2.92. The van der Waals surface area contributed by atoms with Gasteiger partial charge in [-0.3, -0.25) is 0 Å². The van der Waals surface area contributed by atoms with E-state index in [0.717, 1.165) is 32.2 Å². The number of alkyl carbamates (subject to hydrolysis) is 1. The number of nitrogens with one attached hydrogen (secondary N) is 2. The molecule has 0 aliphatic carbocycles.